The Morgan fingerprint density at radius 2 is 1.76 bits per heavy atom. The molecule has 0 unspecified atom stereocenters. The fourth-order valence-corrected chi connectivity index (χ4v) is 6.63. The van der Waals surface area contributed by atoms with Crippen LogP contribution in [-0.2, 0) is 37.0 Å². The summed E-state index contributed by atoms with van der Waals surface area (Å²) in [5, 5.41) is 8.25. The molecule has 3 heterocycles. The predicted molar refractivity (Wildman–Crippen MR) is 132 cm³/mol. The Morgan fingerprint density at radius 1 is 1.05 bits per heavy atom. The molecule has 202 valence electrons. The lowest BCUT2D eigenvalue weighted by Gasteiger charge is -2.19. The van der Waals surface area contributed by atoms with Gasteiger partial charge in [0, 0.05) is 25.9 Å². The highest BCUT2D eigenvalue weighted by Crippen LogP contribution is 2.58. The molecular formula is C24H25F3N6O4S. The lowest BCUT2D eigenvalue weighted by atomic mass is 10.1. The minimum Gasteiger partial charge on any atom is -0.287 e. The van der Waals surface area contributed by atoms with E-state index in [4.69, 9.17) is 0 Å². The van der Waals surface area contributed by atoms with Gasteiger partial charge in [-0.25, -0.2) is 13.2 Å². The van der Waals surface area contributed by atoms with E-state index in [1.807, 2.05) is 0 Å². The molecule has 1 saturated carbocycles. The summed E-state index contributed by atoms with van der Waals surface area (Å²) in [6, 6.07) is 5.30. The van der Waals surface area contributed by atoms with Gasteiger partial charge in [-0.1, -0.05) is 0 Å². The molecule has 0 bridgehead atoms. The second-order valence-electron chi connectivity index (χ2n) is 9.90. The van der Waals surface area contributed by atoms with Gasteiger partial charge in [0.25, 0.3) is 5.56 Å². The average molecular weight is 551 g/mol. The molecule has 0 spiro atoms. The van der Waals surface area contributed by atoms with Crippen LogP contribution in [0.4, 0.5) is 13.2 Å². The van der Waals surface area contributed by atoms with Crippen molar-refractivity contribution in [3.8, 4) is 0 Å². The lowest BCUT2D eigenvalue weighted by molar-refractivity contribution is -0.180. The van der Waals surface area contributed by atoms with Gasteiger partial charge in [-0.05, 0) is 44.0 Å². The van der Waals surface area contributed by atoms with E-state index >= 15 is 0 Å². The summed E-state index contributed by atoms with van der Waals surface area (Å²) < 4.78 is 72.0. The summed E-state index contributed by atoms with van der Waals surface area (Å²) in [7, 11) is -0.994. The van der Waals surface area contributed by atoms with Crippen LogP contribution < -0.4 is 11.2 Å². The van der Waals surface area contributed by atoms with Gasteiger partial charge in [-0.15, -0.1) is 0 Å². The van der Waals surface area contributed by atoms with Crippen molar-refractivity contribution in [2.24, 2.45) is 19.5 Å². The fourth-order valence-electron chi connectivity index (χ4n) is 4.71. The first-order valence-electron chi connectivity index (χ1n) is 11.7. The SMILES string of the molecule is Cc1cc(Cn2c(=O)n(Cc3cnn(C)c3)c(=O)c3cc(S(=O)(=O)CC4(C(F)(F)F)CC4)ccc32)n(C)n1. The molecule has 38 heavy (non-hydrogen) atoms. The molecule has 3 aromatic heterocycles. The molecule has 1 fully saturated rings. The number of nitrogens with zero attached hydrogens (tertiary/aromatic N) is 6. The maximum atomic E-state index is 13.6. The van der Waals surface area contributed by atoms with E-state index in [0.29, 0.717) is 11.3 Å². The molecule has 0 atom stereocenters. The first-order chi connectivity index (χ1) is 17.7. The Labute approximate surface area is 214 Å². The molecule has 10 nitrogen and oxygen atoms in total. The number of alkyl halides is 3. The molecule has 0 N–H and O–H groups in total. The van der Waals surface area contributed by atoms with E-state index in [1.165, 1.54) is 21.5 Å². The van der Waals surface area contributed by atoms with Crippen molar-refractivity contribution in [3.63, 3.8) is 0 Å². The minimum absolute atomic E-state index is 0.0310. The quantitative estimate of drug-likeness (QED) is 0.349. The van der Waals surface area contributed by atoms with Crippen LogP contribution in [0.3, 0.4) is 0 Å². The van der Waals surface area contributed by atoms with Crippen LogP contribution in [0.5, 0.6) is 0 Å². The number of hydrogen-bond acceptors (Lipinski definition) is 6. The second-order valence-corrected chi connectivity index (χ2v) is 11.9. The van der Waals surface area contributed by atoms with E-state index < -0.39 is 43.3 Å². The summed E-state index contributed by atoms with van der Waals surface area (Å²) in [6.45, 7) is 1.70. The molecule has 1 aliphatic rings. The zero-order valence-electron chi connectivity index (χ0n) is 20.9. The second kappa shape index (κ2) is 8.68. The maximum Gasteiger partial charge on any atom is 0.395 e. The zero-order chi connectivity index (χ0) is 27.6. The smallest absolute Gasteiger partial charge is 0.287 e. The number of aromatic nitrogens is 6. The normalized spacial score (nSPS) is 15.3. The molecule has 14 heteroatoms. The van der Waals surface area contributed by atoms with E-state index in [2.05, 4.69) is 10.2 Å². The summed E-state index contributed by atoms with van der Waals surface area (Å²) >= 11 is 0. The summed E-state index contributed by atoms with van der Waals surface area (Å²) in [4.78, 5) is 26.7. The summed E-state index contributed by atoms with van der Waals surface area (Å²) in [6.07, 6.45) is -2.03. The van der Waals surface area contributed by atoms with Gasteiger partial charge < -0.3 is 0 Å². The number of sulfone groups is 1. The molecule has 0 aliphatic heterocycles. The molecule has 1 aromatic carbocycles. The molecule has 0 radical (unpaired) electrons. The molecule has 4 aromatic rings. The Balaban J connectivity index is 1.68. The van der Waals surface area contributed by atoms with Crippen molar-refractivity contribution >= 4 is 20.7 Å². The third-order valence-corrected chi connectivity index (χ3v) is 8.90. The predicted octanol–water partition coefficient (Wildman–Crippen LogP) is 2.15. The number of hydrogen-bond donors (Lipinski definition) is 0. The minimum atomic E-state index is -4.64. The van der Waals surface area contributed by atoms with Crippen LogP contribution >= 0.6 is 0 Å². The molecule has 0 amide bonds. The Morgan fingerprint density at radius 3 is 2.32 bits per heavy atom. The first kappa shape index (κ1) is 25.9. The van der Waals surface area contributed by atoms with Gasteiger partial charge >= 0.3 is 11.9 Å². The van der Waals surface area contributed by atoms with Gasteiger partial charge in [-0.3, -0.25) is 23.3 Å². The van der Waals surface area contributed by atoms with Gasteiger partial charge in [0.2, 0.25) is 0 Å². The van der Waals surface area contributed by atoms with Crippen molar-refractivity contribution in [1.29, 1.82) is 0 Å². The van der Waals surface area contributed by atoms with Crippen LogP contribution in [0, 0.1) is 12.3 Å². The highest BCUT2D eigenvalue weighted by Gasteiger charge is 2.64. The Kier molecular flexibility index (Phi) is 5.93. The van der Waals surface area contributed by atoms with E-state index in [0.717, 1.165) is 22.4 Å². The standard InChI is InChI=1S/C24H25F3N6O4S/c1-15-8-17(31(3)29-15)13-32-20-5-4-18(38(36,37)14-23(6-7-23)24(25,26)27)9-19(20)21(34)33(22(32)35)12-16-10-28-30(2)11-16/h4-5,8-11H,6-7,12-14H2,1-3H3. The number of fused-ring (bicyclic) bond motifs is 1. The molecule has 5 rings (SSSR count). The number of benzene rings is 1. The summed E-state index contributed by atoms with van der Waals surface area (Å²) in [5.41, 5.74) is -1.53. The van der Waals surface area contributed by atoms with Gasteiger partial charge in [-0.2, -0.15) is 23.4 Å². The number of rotatable bonds is 7. The first-order valence-corrected chi connectivity index (χ1v) is 13.4. The lowest BCUT2D eigenvalue weighted by Crippen LogP contribution is -2.40. The van der Waals surface area contributed by atoms with Crippen molar-refractivity contribution in [2.45, 2.75) is 43.9 Å². The molecule has 0 saturated heterocycles. The summed E-state index contributed by atoms with van der Waals surface area (Å²) in [5.74, 6) is -1.09. The van der Waals surface area contributed by atoms with Crippen molar-refractivity contribution in [3.05, 3.63) is 74.4 Å². The third kappa shape index (κ3) is 4.46. The van der Waals surface area contributed by atoms with E-state index in [1.54, 1.807) is 38.0 Å². The molecule has 1 aliphatic carbocycles. The van der Waals surface area contributed by atoms with E-state index in [-0.39, 0.29) is 36.8 Å². The third-order valence-electron chi connectivity index (χ3n) is 6.99. The Hall–Kier alpha value is -3.68. The van der Waals surface area contributed by atoms with Gasteiger partial charge in [0.15, 0.2) is 9.84 Å². The van der Waals surface area contributed by atoms with Crippen molar-refractivity contribution in [1.82, 2.24) is 28.7 Å². The highest BCUT2D eigenvalue weighted by molar-refractivity contribution is 7.91. The van der Waals surface area contributed by atoms with Crippen molar-refractivity contribution < 1.29 is 21.6 Å². The van der Waals surface area contributed by atoms with E-state index in [9.17, 15) is 31.2 Å². The highest BCUT2D eigenvalue weighted by atomic mass is 32.2. The topological polar surface area (TPSA) is 114 Å². The average Bonchev–Trinajstić information content (AvgIpc) is 3.39. The Bertz CT molecular complexity index is 1790. The van der Waals surface area contributed by atoms with Gasteiger partial charge in [0.1, 0.15) is 0 Å². The number of halogens is 3. The van der Waals surface area contributed by atoms with Crippen LogP contribution in [-0.4, -0.2) is 49.0 Å². The van der Waals surface area contributed by atoms with Crippen LogP contribution in [0.1, 0.15) is 29.8 Å². The van der Waals surface area contributed by atoms with Crippen molar-refractivity contribution in [2.75, 3.05) is 5.75 Å². The number of aryl methyl sites for hydroxylation is 3. The monoisotopic (exact) mass is 550 g/mol. The largest absolute Gasteiger partial charge is 0.395 e. The zero-order valence-corrected chi connectivity index (χ0v) is 21.7. The molecular weight excluding hydrogens is 525 g/mol. The maximum absolute atomic E-state index is 13.6. The van der Waals surface area contributed by atoms with Crippen LogP contribution in [0.2, 0.25) is 0 Å². The fraction of sp³-hybridized carbons (Fsp3) is 0.417. The van der Waals surface area contributed by atoms with Crippen LogP contribution in [0.15, 0.2) is 51.1 Å². The van der Waals surface area contributed by atoms with Crippen LogP contribution in [0.25, 0.3) is 10.9 Å². The van der Waals surface area contributed by atoms with Gasteiger partial charge in [0.05, 0.1) is 57.6 Å².